The van der Waals surface area contributed by atoms with Crippen molar-refractivity contribution in [3.63, 3.8) is 0 Å². The van der Waals surface area contributed by atoms with Crippen LogP contribution in [0.4, 0.5) is 0 Å². The summed E-state index contributed by atoms with van der Waals surface area (Å²) in [5, 5.41) is 16.3. The van der Waals surface area contributed by atoms with Gasteiger partial charge in [-0.15, -0.1) is 0 Å². The minimum absolute atomic E-state index is 1.34. The second kappa shape index (κ2) is 14.8. The topological polar surface area (TPSA) is 0 Å². The van der Waals surface area contributed by atoms with Crippen LogP contribution in [0.25, 0.3) is 64.6 Å². The molecule has 8 aromatic carbocycles. The summed E-state index contributed by atoms with van der Waals surface area (Å²) in [7, 11) is 0. The number of benzene rings is 8. The Morgan fingerprint density at radius 2 is 0.325 bits per heavy atom. The molecule has 8 rings (SSSR count). The van der Waals surface area contributed by atoms with E-state index >= 15 is 0 Å². The first kappa shape index (κ1) is 30.4. The fourth-order valence-electron chi connectivity index (χ4n) is 5.34. The first-order valence-electron chi connectivity index (χ1n) is 15.1. The molecular formula is C40H44. The summed E-state index contributed by atoms with van der Waals surface area (Å²) in [5.41, 5.74) is 0. The average Bonchev–Trinajstić information content (AvgIpc) is 3.07. The van der Waals surface area contributed by atoms with E-state index in [1.165, 1.54) is 64.6 Å². The van der Waals surface area contributed by atoms with Gasteiger partial charge in [-0.3, -0.25) is 0 Å². The van der Waals surface area contributed by atoms with Crippen LogP contribution in [-0.2, 0) is 0 Å². The number of rotatable bonds is 0. The smallest absolute Gasteiger partial charge is 0.00268 e. The van der Waals surface area contributed by atoms with Gasteiger partial charge < -0.3 is 0 Å². The number of hydrogen-bond acceptors (Lipinski definition) is 0. The molecule has 0 aliphatic heterocycles. The van der Waals surface area contributed by atoms with Gasteiger partial charge in [0.15, 0.2) is 0 Å². The predicted molar refractivity (Wildman–Crippen MR) is 186 cm³/mol. The van der Waals surface area contributed by atoms with E-state index < -0.39 is 0 Å². The Morgan fingerprint density at radius 1 is 0.200 bits per heavy atom. The fraction of sp³-hybridized carbons (Fsp3) is 0.200. The van der Waals surface area contributed by atoms with E-state index in [2.05, 4.69) is 121 Å². The van der Waals surface area contributed by atoms with Crippen molar-refractivity contribution in [1.29, 1.82) is 0 Å². The van der Waals surface area contributed by atoms with E-state index in [9.17, 15) is 0 Å². The zero-order valence-corrected chi connectivity index (χ0v) is 25.5. The molecular weight excluding hydrogens is 480 g/mol. The molecule has 204 valence electrons. The molecule has 0 fully saturated rings. The van der Waals surface area contributed by atoms with Crippen molar-refractivity contribution in [3.8, 4) is 0 Å². The monoisotopic (exact) mass is 524 g/mol. The molecule has 0 saturated heterocycles. The normalized spacial score (nSPS) is 10.0. The highest BCUT2D eigenvalue weighted by Gasteiger charge is 2.07. The predicted octanol–water partition coefficient (Wildman–Crippen LogP) is 13.3. The van der Waals surface area contributed by atoms with Gasteiger partial charge in [-0.1, -0.05) is 177 Å². The molecule has 0 N–H and O–H groups in total. The summed E-state index contributed by atoms with van der Waals surface area (Å²) < 4.78 is 0. The maximum absolute atomic E-state index is 2.21. The third-order valence-corrected chi connectivity index (χ3v) is 6.79. The van der Waals surface area contributed by atoms with Gasteiger partial charge >= 0.3 is 0 Å². The van der Waals surface area contributed by atoms with Gasteiger partial charge in [0.25, 0.3) is 0 Å². The second-order valence-corrected chi connectivity index (χ2v) is 8.58. The highest BCUT2D eigenvalue weighted by atomic mass is 14.1. The molecule has 0 aliphatic rings. The molecule has 0 nitrogen and oxygen atoms in total. The average molecular weight is 525 g/mol. The molecule has 0 unspecified atom stereocenters. The van der Waals surface area contributed by atoms with Gasteiger partial charge in [-0.05, 0) is 64.6 Å². The molecule has 0 bridgehead atoms. The minimum atomic E-state index is 1.34. The standard InChI is InChI=1S/2C16H10.4C2H6/c2*1-3-11-7-9-13-5-2-6-14-10-8-12(4-1)15(11)16(13)14;4*1-2/h2*1-10H;4*1-2H3. The molecule has 0 aliphatic carbocycles. The minimum Gasteiger partial charge on any atom is -0.0683 e. The SMILES string of the molecule is CC.CC.CC.CC.c1cc2ccc3cccc4ccc(c1)c2c34.c1cc2ccc3cccc4ccc(c1)c2c34. The van der Waals surface area contributed by atoms with Crippen molar-refractivity contribution in [3.05, 3.63) is 121 Å². The van der Waals surface area contributed by atoms with Crippen LogP contribution in [0.1, 0.15) is 55.4 Å². The van der Waals surface area contributed by atoms with Gasteiger partial charge in [0.05, 0.1) is 0 Å². The summed E-state index contributed by atoms with van der Waals surface area (Å²) in [4.78, 5) is 0. The third kappa shape index (κ3) is 5.73. The highest BCUT2D eigenvalue weighted by molar-refractivity contribution is 6.23. The highest BCUT2D eigenvalue weighted by Crippen LogP contribution is 2.35. The Balaban J connectivity index is 0.000000177. The molecule has 0 amide bonds. The van der Waals surface area contributed by atoms with Crippen molar-refractivity contribution in [1.82, 2.24) is 0 Å². The lowest BCUT2D eigenvalue weighted by atomic mass is 9.95. The zero-order valence-electron chi connectivity index (χ0n) is 25.5. The van der Waals surface area contributed by atoms with Gasteiger partial charge in [0, 0.05) is 0 Å². The Kier molecular flexibility index (Phi) is 11.3. The lowest BCUT2D eigenvalue weighted by molar-refractivity contribution is 1.50. The van der Waals surface area contributed by atoms with Gasteiger partial charge in [0.2, 0.25) is 0 Å². The van der Waals surface area contributed by atoms with Crippen molar-refractivity contribution in [2.24, 2.45) is 0 Å². The lowest BCUT2D eigenvalue weighted by Crippen LogP contribution is -1.82. The van der Waals surface area contributed by atoms with E-state index in [0.717, 1.165) is 0 Å². The molecule has 0 aromatic heterocycles. The van der Waals surface area contributed by atoms with Gasteiger partial charge in [-0.2, -0.15) is 0 Å². The summed E-state index contributed by atoms with van der Waals surface area (Å²) in [5.74, 6) is 0. The van der Waals surface area contributed by atoms with E-state index in [-0.39, 0.29) is 0 Å². The van der Waals surface area contributed by atoms with Crippen LogP contribution in [0.5, 0.6) is 0 Å². The Morgan fingerprint density at radius 3 is 0.450 bits per heavy atom. The molecule has 40 heavy (non-hydrogen) atoms. The second-order valence-electron chi connectivity index (χ2n) is 8.58. The largest absolute Gasteiger partial charge is 0.0683 e. The van der Waals surface area contributed by atoms with Crippen LogP contribution in [0, 0.1) is 0 Å². The zero-order chi connectivity index (χ0) is 29.1. The van der Waals surface area contributed by atoms with E-state index in [4.69, 9.17) is 0 Å². The fourth-order valence-corrected chi connectivity index (χ4v) is 5.34. The molecule has 0 heterocycles. The molecule has 0 heteroatoms. The van der Waals surface area contributed by atoms with E-state index in [1.807, 2.05) is 55.4 Å². The first-order valence-corrected chi connectivity index (χ1v) is 15.1. The Labute approximate surface area is 240 Å². The summed E-state index contributed by atoms with van der Waals surface area (Å²) in [6.07, 6.45) is 0. The first-order chi connectivity index (χ1) is 19.9. The van der Waals surface area contributed by atoms with Crippen LogP contribution in [0.15, 0.2) is 121 Å². The van der Waals surface area contributed by atoms with E-state index in [0.29, 0.717) is 0 Å². The van der Waals surface area contributed by atoms with Crippen molar-refractivity contribution < 1.29 is 0 Å². The van der Waals surface area contributed by atoms with Gasteiger partial charge in [0.1, 0.15) is 0 Å². The Hall–Kier alpha value is -4.16. The lowest BCUT2D eigenvalue weighted by Gasteiger charge is -2.09. The van der Waals surface area contributed by atoms with Crippen LogP contribution in [-0.4, -0.2) is 0 Å². The van der Waals surface area contributed by atoms with Crippen molar-refractivity contribution in [2.75, 3.05) is 0 Å². The maximum Gasteiger partial charge on any atom is -0.00268 e. The van der Waals surface area contributed by atoms with Gasteiger partial charge in [-0.25, -0.2) is 0 Å². The van der Waals surface area contributed by atoms with Crippen molar-refractivity contribution in [2.45, 2.75) is 55.4 Å². The molecule has 0 saturated carbocycles. The number of hydrogen-bond donors (Lipinski definition) is 0. The summed E-state index contributed by atoms with van der Waals surface area (Å²) in [6.45, 7) is 16.0. The maximum atomic E-state index is 2.21. The van der Waals surface area contributed by atoms with Crippen molar-refractivity contribution >= 4 is 64.6 Å². The van der Waals surface area contributed by atoms with Crippen LogP contribution in [0.3, 0.4) is 0 Å². The summed E-state index contributed by atoms with van der Waals surface area (Å²) in [6, 6.07) is 43.7. The van der Waals surface area contributed by atoms with E-state index in [1.54, 1.807) is 0 Å². The van der Waals surface area contributed by atoms with Crippen LogP contribution >= 0.6 is 0 Å². The molecule has 0 radical (unpaired) electrons. The molecule has 0 spiro atoms. The van der Waals surface area contributed by atoms with Crippen LogP contribution < -0.4 is 0 Å². The molecule has 8 aromatic rings. The molecule has 0 atom stereocenters. The third-order valence-electron chi connectivity index (χ3n) is 6.79. The summed E-state index contributed by atoms with van der Waals surface area (Å²) >= 11 is 0. The van der Waals surface area contributed by atoms with Crippen LogP contribution in [0.2, 0.25) is 0 Å². The quantitative estimate of drug-likeness (QED) is 0.173. The Bertz CT molecular complexity index is 1470.